The van der Waals surface area contributed by atoms with Crippen molar-refractivity contribution in [2.75, 3.05) is 20.8 Å². The number of methoxy groups -OCH3 is 2. The van der Waals surface area contributed by atoms with E-state index in [1.54, 1.807) is 25.3 Å². The van der Waals surface area contributed by atoms with Crippen molar-refractivity contribution in [3.8, 4) is 11.5 Å². The van der Waals surface area contributed by atoms with Gasteiger partial charge in [-0.15, -0.1) is 0 Å². The summed E-state index contributed by atoms with van der Waals surface area (Å²) in [6.07, 6.45) is -0.000671. The van der Waals surface area contributed by atoms with Crippen LogP contribution in [-0.2, 0) is 20.7 Å². The molecule has 0 aliphatic heterocycles. The van der Waals surface area contributed by atoms with E-state index < -0.39 is 5.97 Å². The molecule has 0 saturated heterocycles. The van der Waals surface area contributed by atoms with E-state index in [4.69, 9.17) is 14.2 Å². The molecule has 1 amide bonds. The van der Waals surface area contributed by atoms with Crippen molar-refractivity contribution in [3.63, 3.8) is 0 Å². The fourth-order valence-electron chi connectivity index (χ4n) is 3.34. The summed E-state index contributed by atoms with van der Waals surface area (Å²) in [6, 6.07) is 18.9. The highest BCUT2D eigenvalue weighted by Gasteiger charge is 2.15. The number of ether oxygens (including phenoxy) is 3. The molecule has 0 fully saturated rings. The molecule has 0 aliphatic carbocycles. The predicted octanol–water partition coefficient (Wildman–Crippen LogP) is 3.82. The van der Waals surface area contributed by atoms with Gasteiger partial charge in [0.2, 0.25) is 0 Å². The quantitative estimate of drug-likeness (QED) is 0.575. The molecule has 0 heterocycles. The lowest BCUT2D eigenvalue weighted by Gasteiger charge is -2.17. The minimum atomic E-state index is -0.508. The summed E-state index contributed by atoms with van der Waals surface area (Å²) < 4.78 is 15.6. The third-order valence-electron chi connectivity index (χ3n) is 4.86. The second-order valence-electron chi connectivity index (χ2n) is 6.87. The van der Waals surface area contributed by atoms with E-state index >= 15 is 0 Å². The highest BCUT2D eigenvalue weighted by molar-refractivity contribution is 5.87. The molecule has 0 bridgehead atoms. The minimum Gasteiger partial charge on any atom is -0.497 e. The Hall–Kier alpha value is -3.54. The summed E-state index contributed by atoms with van der Waals surface area (Å²) in [7, 11) is 3.08. The predicted molar refractivity (Wildman–Crippen MR) is 115 cm³/mol. The molecule has 30 heavy (non-hydrogen) atoms. The van der Waals surface area contributed by atoms with Crippen LogP contribution in [0.3, 0.4) is 0 Å². The average Bonchev–Trinajstić information content (AvgIpc) is 2.77. The molecule has 156 valence electrons. The Morgan fingerprint density at radius 2 is 1.73 bits per heavy atom. The molecule has 0 spiro atoms. The first kappa shape index (κ1) is 21.2. The molecule has 3 aromatic rings. The first-order valence-electron chi connectivity index (χ1n) is 9.65. The number of carbonyl (C=O) groups excluding carboxylic acids is 2. The van der Waals surface area contributed by atoms with Crippen LogP contribution >= 0.6 is 0 Å². The molecular formula is C24H25NO5. The van der Waals surface area contributed by atoms with Gasteiger partial charge in [-0.05, 0) is 29.3 Å². The van der Waals surface area contributed by atoms with Gasteiger partial charge in [-0.3, -0.25) is 9.59 Å². The van der Waals surface area contributed by atoms with Crippen molar-refractivity contribution in [2.24, 2.45) is 0 Å². The monoisotopic (exact) mass is 407 g/mol. The van der Waals surface area contributed by atoms with E-state index in [-0.39, 0.29) is 25.0 Å². The molecule has 1 atom stereocenters. The van der Waals surface area contributed by atoms with Gasteiger partial charge in [0.15, 0.2) is 6.61 Å². The fraction of sp³-hybridized carbons (Fsp3) is 0.250. The summed E-state index contributed by atoms with van der Waals surface area (Å²) in [5, 5.41) is 5.08. The minimum absolute atomic E-state index is 0.000671. The van der Waals surface area contributed by atoms with Gasteiger partial charge in [0, 0.05) is 11.6 Å². The lowest BCUT2D eigenvalue weighted by molar-refractivity contribution is -0.148. The van der Waals surface area contributed by atoms with Gasteiger partial charge in [-0.2, -0.15) is 0 Å². The van der Waals surface area contributed by atoms with Crippen molar-refractivity contribution in [3.05, 3.63) is 71.8 Å². The number of hydrogen-bond acceptors (Lipinski definition) is 5. The fourth-order valence-corrected chi connectivity index (χ4v) is 3.34. The van der Waals surface area contributed by atoms with Crippen molar-refractivity contribution in [2.45, 2.75) is 19.4 Å². The van der Waals surface area contributed by atoms with E-state index in [0.717, 1.165) is 16.3 Å². The van der Waals surface area contributed by atoms with Crippen LogP contribution < -0.4 is 14.8 Å². The molecule has 3 rings (SSSR count). The molecule has 1 N–H and O–H groups in total. The number of hydrogen-bond donors (Lipinski definition) is 1. The topological polar surface area (TPSA) is 73.9 Å². The lowest BCUT2D eigenvalue weighted by Crippen LogP contribution is -2.31. The third-order valence-corrected chi connectivity index (χ3v) is 4.86. The van der Waals surface area contributed by atoms with Crippen molar-refractivity contribution < 1.29 is 23.8 Å². The number of benzene rings is 3. The maximum Gasteiger partial charge on any atom is 0.310 e. The third kappa shape index (κ3) is 5.08. The second kappa shape index (κ2) is 9.78. The summed E-state index contributed by atoms with van der Waals surface area (Å²) in [5.41, 5.74) is 1.67. The Balaban J connectivity index is 1.56. The standard InChI is InChI=1S/C24H25NO5/c1-16(20-10-6-8-17-7-4-5-9-21(17)20)25-23(26)15-30-24(27)13-18-11-12-19(28-2)14-22(18)29-3/h4-12,14,16H,13,15H2,1-3H3,(H,25,26)/t16-/m1/s1. The van der Waals surface area contributed by atoms with Crippen LogP contribution in [0.25, 0.3) is 10.8 Å². The Morgan fingerprint density at radius 3 is 2.50 bits per heavy atom. The molecule has 6 heteroatoms. The number of rotatable bonds is 8. The van der Waals surface area contributed by atoms with Gasteiger partial charge in [0.1, 0.15) is 11.5 Å². The summed E-state index contributed by atoms with van der Waals surface area (Å²) >= 11 is 0. The number of esters is 1. The Labute approximate surface area is 175 Å². The molecule has 0 unspecified atom stereocenters. The number of amides is 1. The van der Waals surface area contributed by atoms with Gasteiger partial charge in [0.25, 0.3) is 5.91 Å². The smallest absolute Gasteiger partial charge is 0.310 e. The normalized spacial score (nSPS) is 11.6. The van der Waals surface area contributed by atoms with Crippen LogP contribution in [0.5, 0.6) is 11.5 Å². The number of carbonyl (C=O) groups is 2. The Morgan fingerprint density at radius 1 is 0.967 bits per heavy atom. The largest absolute Gasteiger partial charge is 0.497 e. The maximum absolute atomic E-state index is 12.3. The van der Waals surface area contributed by atoms with E-state index in [1.165, 1.54) is 7.11 Å². The molecule has 3 aromatic carbocycles. The Kier molecular flexibility index (Phi) is 6.91. The summed E-state index contributed by atoms with van der Waals surface area (Å²) in [4.78, 5) is 24.5. The van der Waals surface area contributed by atoms with Crippen LogP contribution in [-0.4, -0.2) is 32.7 Å². The summed E-state index contributed by atoms with van der Waals surface area (Å²) in [5.74, 6) is 0.294. The van der Waals surface area contributed by atoms with Crippen molar-refractivity contribution >= 4 is 22.6 Å². The van der Waals surface area contributed by atoms with Crippen molar-refractivity contribution in [1.82, 2.24) is 5.32 Å². The zero-order chi connectivity index (χ0) is 21.5. The van der Waals surface area contributed by atoms with E-state index in [2.05, 4.69) is 5.32 Å². The average molecular weight is 407 g/mol. The van der Waals surface area contributed by atoms with Crippen LogP contribution in [0.4, 0.5) is 0 Å². The highest BCUT2D eigenvalue weighted by atomic mass is 16.5. The Bertz CT molecular complexity index is 1040. The number of fused-ring (bicyclic) bond motifs is 1. The molecule has 0 aromatic heterocycles. The van der Waals surface area contributed by atoms with E-state index in [9.17, 15) is 9.59 Å². The van der Waals surface area contributed by atoms with Crippen LogP contribution in [0, 0.1) is 0 Å². The van der Waals surface area contributed by atoms with Crippen LogP contribution in [0.2, 0.25) is 0 Å². The zero-order valence-electron chi connectivity index (χ0n) is 17.3. The molecule has 6 nitrogen and oxygen atoms in total. The zero-order valence-corrected chi connectivity index (χ0v) is 17.3. The lowest BCUT2D eigenvalue weighted by atomic mass is 10.00. The van der Waals surface area contributed by atoms with E-state index in [1.807, 2.05) is 49.4 Å². The first-order valence-corrected chi connectivity index (χ1v) is 9.65. The second-order valence-corrected chi connectivity index (χ2v) is 6.87. The molecule has 0 radical (unpaired) electrons. The molecular weight excluding hydrogens is 382 g/mol. The van der Waals surface area contributed by atoms with Gasteiger partial charge in [0.05, 0.1) is 26.7 Å². The maximum atomic E-state index is 12.3. The SMILES string of the molecule is COc1ccc(CC(=O)OCC(=O)N[C@H](C)c2cccc3ccccc23)c(OC)c1. The van der Waals surface area contributed by atoms with Crippen LogP contribution in [0.1, 0.15) is 24.1 Å². The van der Waals surface area contributed by atoms with Gasteiger partial charge >= 0.3 is 5.97 Å². The van der Waals surface area contributed by atoms with Gasteiger partial charge < -0.3 is 19.5 Å². The molecule has 0 aliphatic rings. The van der Waals surface area contributed by atoms with Gasteiger partial charge in [-0.1, -0.05) is 48.5 Å². The number of nitrogens with one attached hydrogen (secondary N) is 1. The van der Waals surface area contributed by atoms with E-state index in [0.29, 0.717) is 17.1 Å². The highest BCUT2D eigenvalue weighted by Crippen LogP contribution is 2.25. The first-order chi connectivity index (χ1) is 14.5. The summed E-state index contributed by atoms with van der Waals surface area (Å²) in [6.45, 7) is 1.57. The van der Waals surface area contributed by atoms with Crippen LogP contribution in [0.15, 0.2) is 60.7 Å². The van der Waals surface area contributed by atoms with Gasteiger partial charge in [-0.25, -0.2) is 0 Å². The molecule has 0 saturated carbocycles. The van der Waals surface area contributed by atoms with Crippen molar-refractivity contribution in [1.29, 1.82) is 0 Å².